The quantitative estimate of drug-likeness (QED) is 0.329. The Morgan fingerprint density at radius 2 is 1.55 bits per heavy atom. The molecule has 0 spiro atoms. The first-order chi connectivity index (χ1) is 14.8. The van der Waals surface area contributed by atoms with Gasteiger partial charge in [0.2, 0.25) is 5.91 Å². The lowest BCUT2D eigenvalue weighted by Crippen LogP contribution is -2.22. The molecule has 2 aromatic rings. The Morgan fingerprint density at radius 3 is 2.06 bits per heavy atom. The van der Waals surface area contributed by atoms with Crippen LogP contribution in [-0.4, -0.2) is 41.7 Å². The number of aliphatic carboxylic acids is 1. The summed E-state index contributed by atoms with van der Waals surface area (Å²) in [5.41, 5.74) is 3.08. The van der Waals surface area contributed by atoms with E-state index in [9.17, 15) is 19.5 Å². The van der Waals surface area contributed by atoms with Crippen LogP contribution < -0.4 is 10.6 Å². The maximum atomic E-state index is 12.5. The summed E-state index contributed by atoms with van der Waals surface area (Å²) >= 11 is 5.87. The summed E-state index contributed by atoms with van der Waals surface area (Å²) in [4.78, 5) is 35.7. The van der Waals surface area contributed by atoms with Gasteiger partial charge in [-0.05, 0) is 56.6 Å². The summed E-state index contributed by atoms with van der Waals surface area (Å²) in [6.45, 7) is 2.41. The molecule has 2 unspecified atom stereocenters. The number of carboxylic acids is 1. The molecule has 2 aromatic carbocycles. The highest BCUT2D eigenvalue weighted by molar-refractivity contribution is 6.20. The Kier molecular flexibility index (Phi) is 9.69. The van der Waals surface area contributed by atoms with Gasteiger partial charge in [-0.25, -0.2) is 0 Å². The zero-order valence-electron chi connectivity index (χ0n) is 17.9. The van der Waals surface area contributed by atoms with Crippen molar-refractivity contribution in [1.82, 2.24) is 5.32 Å². The lowest BCUT2D eigenvalue weighted by Gasteiger charge is -2.11. The number of rotatable bonds is 12. The van der Waals surface area contributed by atoms with E-state index in [0.717, 1.165) is 11.1 Å². The largest absolute Gasteiger partial charge is 0.481 e. The molecule has 0 saturated carbocycles. The van der Waals surface area contributed by atoms with Crippen LogP contribution in [0.3, 0.4) is 0 Å². The molecular weight excluding hydrogens is 416 g/mol. The molecule has 0 radical (unpaired) electrons. The van der Waals surface area contributed by atoms with E-state index in [0.29, 0.717) is 37.1 Å². The number of nitrogens with one attached hydrogen (secondary N) is 2. The Hall–Kier alpha value is -2.70. The third-order valence-electron chi connectivity index (χ3n) is 5.00. The van der Waals surface area contributed by atoms with Crippen LogP contribution in [0.5, 0.6) is 0 Å². The number of halogens is 1. The molecule has 31 heavy (non-hydrogen) atoms. The number of hydrogen-bond donors (Lipinski definition) is 3. The van der Waals surface area contributed by atoms with Crippen LogP contribution in [0.25, 0.3) is 11.1 Å². The van der Waals surface area contributed by atoms with Crippen molar-refractivity contribution in [1.29, 1.82) is 0 Å². The number of carbonyl (C=O) groups is 3. The van der Waals surface area contributed by atoms with Crippen molar-refractivity contribution in [3.05, 3.63) is 54.1 Å². The molecule has 7 heteroatoms. The lowest BCUT2D eigenvalue weighted by molar-refractivity contribution is -0.141. The van der Waals surface area contributed by atoms with Gasteiger partial charge < -0.3 is 15.7 Å². The van der Waals surface area contributed by atoms with E-state index in [-0.39, 0.29) is 23.5 Å². The summed E-state index contributed by atoms with van der Waals surface area (Å²) in [5, 5.41) is 15.0. The number of anilines is 1. The average Bonchev–Trinajstić information content (AvgIpc) is 2.75. The second kappa shape index (κ2) is 12.2. The van der Waals surface area contributed by atoms with Gasteiger partial charge in [-0.1, -0.05) is 36.4 Å². The summed E-state index contributed by atoms with van der Waals surface area (Å²) in [5.74, 6) is -1.91. The van der Waals surface area contributed by atoms with Crippen LogP contribution in [0, 0.1) is 5.92 Å². The van der Waals surface area contributed by atoms with Crippen molar-refractivity contribution in [3.8, 4) is 11.1 Å². The molecule has 166 valence electrons. The summed E-state index contributed by atoms with van der Waals surface area (Å²) in [7, 11) is 1.75. The SMILES string of the molecule is CNCCC(CC(=O)c1ccc(-c2ccc(NC(=O)CCC(C)Cl)cc2)cc1)C(=O)O. The van der Waals surface area contributed by atoms with Crippen molar-refractivity contribution >= 4 is 34.9 Å². The minimum Gasteiger partial charge on any atom is -0.481 e. The molecule has 2 atom stereocenters. The predicted molar refractivity (Wildman–Crippen MR) is 124 cm³/mol. The third kappa shape index (κ3) is 8.15. The van der Waals surface area contributed by atoms with Gasteiger partial charge in [0.15, 0.2) is 5.78 Å². The van der Waals surface area contributed by atoms with E-state index < -0.39 is 11.9 Å². The van der Waals surface area contributed by atoms with Crippen molar-refractivity contribution < 1.29 is 19.5 Å². The molecule has 0 aliphatic carbocycles. The van der Waals surface area contributed by atoms with Crippen LogP contribution in [0.1, 0.15) is 43.0 Å². The molecule has 2 rings (SSSR count). The minimum atomic E-state index is -0.954. The molecule has 0 saturated heterocycles. The average molecular weight is 445 g/mol. The predicted octanol–water partition coefficient (Wildman–Crippen LogP) is 4.58. The van der Waals surface area contributed by atoms with E-state index in [1.165, 1.54) is 0 Å². The van der Waals surface area contributed by atoms with E-state index in [4.69, 9.17) is 11.6 Å². The fraction of sp³-hybridized carbons (Fsp3) is 0.375. The number of alkyl halides is 1. The highest BCUT2D eigenvalue weighted by Crippen LogP contribution is 2.23. The monoisotopic (exact) mass is 444 g/mol. The van der Waals surface area contributed by atoms with Gasteiger partial charge in [-0.2, -0.15) is 0 Å². The maximum Gasteiger partial charge on any atom is 0.307 e. The number of carboxylic acid groups (broad SMARTS) is 1. The molecule has 0 bridgehead atoms. The first-order valence-electron chi connectivity index (χ1n) is 10.3. The van der Waals surface area contributed by atoms with Gasteiger partial charge in [0.05, 0.1) is 5.92 Å². The molecular formula is C24H29ClN2O4. The van der Waals surface area contributed by atoms with Crippen molar-refractivity contribution in [2.75, 3.05) is 18.9 Å². The van der Waals surface area contributed by atoms with Gasteiger partial charge in [0, 0.05) is 29.5 Å². The Balaban J connectivity index is 1.98. The smallest absolute Gasteiger partial charge is 0.307 e. The first-order valence-corrected chi connectivity index (χ1v) is 10.8. The first kappa shape index (κ1) is 24.6. The molecule has 0 aromatic heterocycles. The van der Waals surface area contributed by atoms with Crippen molar-refractivity contribution in [2.45, 2.75) is 38.0 Å². The van der Waals surface area contributed by atoms with E-state index in [2.05, 4.69) is 10.6 Å². The fourth-order valence-corrected chi connectivity index (χ4v) is 3.23. The van der Waals surface area contributed by atoms with Crippen LogP contribution in [0.2, 0.25) is 0 Å². The van der Waals surface area contributed by atoms with Crippen molar-refractivity contribution in [3.63, 3.8) is 0 Å². The Bertz CT molecular complexity index is 879. The zero-order chi connectivity index (χ0) is 22.8. The van der Waals surface area contributed by atoms with E-state index >= 15 is 0 Å². The number of amides is 1. The molecule has 0 heterocycles. The maximum absolute atomic E-state index is 12.5. The van der Waals surface area contributed by atoms with Crippen LogP contribution in [0.4, 0.5) is 5.69 Å². The normalized spacial score (nSPS) is 12.7. The summed E-state index contributed by atoms with van der Waals surface area (Å²) < 4.78 is 0. The molecule has 3 N–H and O–H groups in total. The Labute approximate surface area is 188 Å². The number of ketones is 1. The van der Waals surface area contributed by atoms with Crippen LogP contribution in [-0.2, 0) is 9.59 Å². The van der Waals surface area contributed by atoms with Crippen molar-refractivity contribution in [2.24, 2.45) is 5.92 Å². The fourth-order valence-electron chi connectivity index (χ4n) is 3.12. The van der Waals surface area contributed by atoms with Gasteiger partial charge in [0.1, 0.15) is 0 Å². The summed E-state index contributed by atoms with van der Waals surface area (Å²) in [6, 6.07) is 14.6. The molecule has 0 fully saturated rings. The topological polar surface area (TPSA) is 95.5 Å². The molecule has 1 amide bonds. The number of benzene rings is 2. The minimum absolute atomic E-state index is 0.0206. The van der Waals surface area contributed by atoms with Gasteiger partial charge >= 0.3 is 5.97 Å². The van der Waals surface area contributed by atoms with Crippen LogP contribution >= 0.6 is 11.6 Å². The summed E-state index contributed by atoms with van der Waals surface area (Å²) in [6.07, 6.45) is 1.38. The molecule has 0 aliphatic heterocycles. The second-order valence-electron chi connectivity index (χ2n) is 7.58. The molecule has 6 nitrogen and oxygen atoms in total. The number of hydrogen-bond acceptors (Lipinski definition) is 4. The lowest BCUT2D eigenvalue weighted by atomic mass is 9.94. The van der Waals surface area contributed by atoms with E-state index in [1.807, 2.05) is 43.3 Å². The standard InChI is InChI=1S/C24H29ClN2O4/c1-16(25)3-12-23(29)27-21-10-8-18(9-11-21)17-4-6-19(7-5-17)22(28)15-20(24(30)31)13-14-26-2/h4-11,16,20,26H,3,12-15H2,1-2H3,(H,27,29)(H,30,31). The van der Waals surface area contributed by atoms with Gasteiger partial charge in [-0.15, -0.1) is 11.6 Å². The highest BCUT2D eigenvalue weighted by Gasteiger charge is 2.21. The highest BCUT2D eigenvalue weighted by atomic mass is 35.5. The van der Waals surface area contributed by atoms with E-state index in [1.54, 1.807) is 19.2 Å². The van der Waals surface area contributed by atoms with Gasteiger partial charge in [0.25, 0.3) is 0 Å². The number of Topliss-reactive ketones (excluding diaryl/α,β-unsaturated/α-hetero) is 1. The van der Waals surface area contributed by atoms with Crippen LogP contribution in [0.15, 0.2) is 48.5 Å². The number of carbonyl (C=O) groups excluding carboxylic acids is 2. The van der Waals surface area contributed by atoms with Gasteiger partial charge in [-0.3, -0.25) is 14.4 Å². The molecule has 0 aliphatic rings. The second-order valence-corrected chi connectivity index (χ2v) is 8.32. The zero-order valence-corrected chi connectivity index (χ0v) is 18.6. The third-order valence-corrected chi connectivity index (χ3v) is 5.22. The Morgan fingerprint density at radius 1 is 0.968 bits per heavy atom.